The molecule has 29 heavy (non-hydrogen) atoms. The van der Waals surface area contributed by atoms with Crippen molar-refractivity contribution in [3.05, 3.63) is 90.8 Å². The van der Waals surface area contributed by atoms with Crippen LogP contribution < -0.4 is 0 Å². The minimum Gasteiger partial charge on any atom is -0.512 e. The van der Waals surface area contributed by atoms with Crippen molar-refractivity contribution in [3.63, 3.8) is 0 Å². The molecule has 1 radical (unpaired) electrons. The van der Waals surface area contributed by atoms with E-state index < -0.39 is 0 Å². The molecule has 4 aromatic rings. The van der Waals surface area contributed by atoms with Gasteiger partial charge in [-0.3, -0.25) is 4.79 Å². The molecule has 0 aliphatic heterocycles. The van der Waals surface area contributed by atoms with Crippen molar-refractivity contribution in [2.75, 3.05) is 0 Å². The van der Waals surface area contributed by atoms with Crippen LogP contribution >= 0.6 is 0 Å². The number of hydrogen-bond donors (Lipinski definition) is 1. The number of fused-ring (bicyclic) bond motifs is 1. The Morgan fingerprint density at radius 1 is 1.07 bits per heavy atom. The van der Waals surface area contributed by atoms with E-state index in [0.717, 1.165) is 33.6 Å². The number of rotatable bonds is 3. The van der Waals surface area contributed by atoms with Crippen LogP contribution in [0.5, 0.6) is 0 Å². The van der Waals surface area contributed by atoms with Crippen molar-refractivity contribution in [3.8, 4) is 22.6 Å². The molecular weight excluding hydrogens is 542 g/mol. The monoisotopic (exact) mass is 563 g/mol. The van der Waals surface area contributed by atoms with Crippen molar-refractivity contribution in [2.45, 2.75) is 13.8 Å². The zero-order valence-corrected chi connectivity index (χ0v) is 18.4. The topological polar surface area (TPSA) is 63.3 Å². The number of allylic oxidation sites excluding steroid dienone is 2. The summed E-state index contributed by atoms with van der Waals surface area (Å²) in [4.78, 5) is 14.5. The fourth-order valence-electron chi connectivity index (χ4n) is 2.68. The number of carbonyl (C=O) groups is 1. The molecule has 1 N–H and O–H groups in total. The van der Waals surface area contributed by atoms with E-state index in [1.165, 1.54) is 19.9 Å². The molecule has 2 aromatic heterocycles. The molecule has 0 spiro atoms. The van der Waals surface area contributed by atoms with Crippen LogP contribution in [-0.2, 0) is 24.9 Å². The summed E-state index contributed by atoms with van der Waals surface area (Å²) in [6, 6.07) is 25.2. The zero-order valence-electron chi connectivity index (χ0n) is 16.0. The maximum absolute atomic E-state index is 10.0. The molecule has 4 rings (SSSR count). The molecule has 0 saturated heterocycles. The number of nitrogens with zero attached hydrogens (tertiary/aromatic N) is 1. The second kappa shape index (κ2) is 10.5. The number of aliphatic hydroxyl groups excluding tert-OH is 1. The van der Waals surface area contributed by atoms with Crippen LogP contribution in [0.15, 0.2) is 89.2 Å². The third kappa shape index (κ3) is 6.24. The summed E-state index contributed by atoms with van der Waals surface area (Å²) in [5.74, 6) is 0.800. The number of aromatic nitrogens is 1. The predicted molar refractivity (Wildman–Crippen MR) is 111 cm³/mol. The van der Waals surface area contributed by atoms with Gasteiger partial charge in [-0.1, -0.05) is 36.4 Å². The van der Waals surface area contributed by atoms with Gasteiger partial charge in [0.25, 0.3) is 0 Å². The van der Waals surface area contributed by atoms with Gasteiger partial charge in [-0.15, -0.1) is 35.9 Å². The predicted octanol–water partition coefficient (Wildman–Crippen LogP) is 6.00. The Bertz CT molecular complexity index is 1060. The van der Waals surface area contributed by atoms with Gasteiger partial charge in [0, 0.05) is 37.1 Å². The van der Waals surface area contributed by atoms with E-state index >= 15 is 0 Å². The first kappa shape index (κ1) is 22.3. The summed E-state index contributed by atoms with van der Waals surface area (Å²) in [6.07, 6.45) is 2.94. The van der Waals surface area contributed by atoms with Gasteiger partial charge in [-0.25, -0.2) is 0 Å². The smallest absolute Gasteiger partial charge is 0.155 e. The number of ketones is 1. The molecule has 0 unspecified atom stereocenters. The van der Waals surface area contributed by atoms with Gasteiger partial charge in [0.2, 0.25) is 0 Å². The number of furan rings is 1. The third-order valence-corrected chi connectivity index (χ3v) is 3.86. The number of aliphatic hydroxyl groups is 1. The van der Waals surface area contributed by atoms with Gasteiger partial charge in [0.15, 0.2) is 11.4 Å². The fraction of sp³-hybridized carbons (Fsp3) is 0.0833. The Morgan fingerprint density at radius 2 is 1.79 bits per heavy atom. The van der Waals surface area contributed by atoms with E-state index in [1.807, 2.05) is 60.7 Å². The first-order chi connectivity index (χ1) is 13.5. The second-order valence-electron chi connectivity index (χ2n) is 6.26. The van der Waals surface area contributed by atoms with Crippen LogP contribution in [-0.4, -0.2) is 15.9 Å². The molecule has 2 aromatic carbocycles. The van der Waals surface area contributed by atoms with E-state index in [2.05, 4.69) is 17.1 Å². The molecule has 0 bridgehead atoms. The van der Waals surface area contributed by atoms with Crippen LogP contribution in [0, 0.1) is 6.07 Å². The van der Waals surface area contributed by atoms with Gasteiger partial charge in [0.1, 0.15) is 5.76 Å². The third-order valence-electron chi connectivity index (χ3n) is 3.86. The molecule has 2 heterocycles. The summed E-state index contributed by atoms with van der Waals surface area (Å²) in [5, 5.41) is 9.42. The Kier molecular flexibility index (Phi) is 8.08. The van der Waals surface area contributed by atoms with Crippen LogP contribution in [0.25, 0.3) is 33.6 Å². The number of carbonyl (C=O) groups excluding carboxylic acids is 1. The minimum absolute atomic E-state index is 0. The fourth-order valence-corrected chi connectivity index (χ4v) is 2.68. The molecule has 4 nitrogen and oxygen atoms in total. The zero-order chi connectivity index (χ0) is 19.9. The maximum atomic E-state index is 10.0. The molecule has 5 heteroatoms. The summed E-state index contributed by atoms with van der Waals surface area (Å²) in [6.45, 7) is 2.85. The molecule has 149 valence electrons. The van der Waals surface area contributed by atoms with Crippen LogP contribution in [0.1, 0.15) is 13.8 Å². The Hall–Kier alpha value is -3.01. The van der Waals surface area contributed by atoms with Crippen LogP contribution in [0.2, 0.25) is 0 Å². The van der Waals surface area contributed by atoms with Crippen LogP contribution in [0.4, 0.5) is 0 Å². The van der Waals surface area contributed by atoms with Crippen molar-refractivity contribution < 1.29 is 34.4 Å². The standard InChI is InChI=1S/C19H12NO.C5H8O2.Ir/c1-3-7-14(8-4-1)17-11-16-12-18(21-19(16)13-20-17)15-9-5-2-6-10-15;1-4(6)3-5(2)7;/h1-7,9-13H;3,6H,1-2H3;/q-1;;/b;4-3-;. The number of benzene rings is 2. The van der Waals surface area contributed by atoms with Gasteiger partial charge in [-0.05, 0) is 25.6 Å². The second-order valence-corrected chi connectivity index (χ2v) is 6.26. The molecular formula is C24H20IrNO3-. The van der Waals surface area contributed by atoms with Gasteiger partial charge in [-0.2, -0.15) is 0 Å². The van der Waals surface area contributed by atoms with E-state index in [0.29, 0.717) is 0 Å². The van der Waals surface area contributed by atoms with Crippen molar-refractivity contribution in [2.24, 2.45) is 0 Å². The quantitative estimate of drug-likeness (QED) is 0.189. The van der Waals surface area contributed by atoms with Crippen molar-refractivity contribution in [1.29, 1.82) is 0 Å². The molecule has 0 aliphatic carbocycles. The minimum atomic E-state index is -0.125. The molecule has 0 amide bonds. The summed E-state index contributed by atoms with van der Waals surface area (Å²) in [5.41, 5.74) is 3.76. The average molecular weight is 563 g/mol. The first-order valence-corrected chi connectivity index (χ1v) is 8.83. The largest absolute Gasteiger partial charge is 0.512 e. The number of pyridine rings is 1. The van der Waals surface area contributed by atoms with E-state index in [-0.39, 0.29) is 31.6 Å². The SMILES string of the molecule is CC(=O)/C=C(/C)O.[Ir].[c-]1ccccc1-c1cc2cc(-c3ccccc3)oc2cn1. The molecule has 0 aliphatic rings. The Balaban J connectivity index is 0.000000327. The van der Waals surface area contributed by atoms with Gasteiger partial charge < -0.3 is 14.5 Å². The van der Waals surface area contributed by atoms with E-state index in [9.17, 15) is 4.79 Å². The van der Waals surface area contributed by atoms with Gasteiger partial charge in [0.05, 0.1) is 12.0 Å². The summed E-state index contributed by atoms with van der Waals surface area (Å²) in [7, 11) is 0. The van der Waals surface area contributed by atoms with Crippen molar-refractivity contribution in [1.82, 2.24) is 4.98 Å². The maximum Gasteiger partial charge on any atom is 0.155 e. The molecule has 0 atom stereocenters. The van der Waals surface area contributed by atoms with Gasteiger partial charge >= 0.3 is 0 Å². The van der Waals surface area contributed by atoms with E-state index in [1.54, 1.807) is 6.20 Å². The Labute approximate surface area is 183 Å². The average Bonchev–Trinajstić information content (AvgIpc) is 3.12. The van der Waals surface area contributed by atoms with Crippen molar-refractivity contribution >= 4 is 16.8 Å². The number of hydrogen-bond acceptors (Lipinski definition) is 4. The van der Waals surface area contributed by atoms with Crippen LogP contribution in [0.3, 0.4) is 0 Å². The Morgan fingerprint density at radius 3 is 2.38 bits per heavy atom. The normalized spacial score (nSPS) is 10.6. The summed E-state index contributed by atoms with van der Waals surface area (Å²) >= 11 is 0. The molecule has 0 saturated carbocycles. The molecule has 0 fully saturated rings. The first-order valence-electron chi connectivity index (χ1n) is 8.83. The summed E-state index contributed by atoms with van der Waals surface area (Å²) < 4.78 is 5.87. The van der Waals surface area contributed by atoms with E-state index in [4.69, 9.17) is 9.52 Å².